The first-order chi connectivity index (χ1) is 15.1. The van der Waals surface area contributed by atoms with E-state index in [0.29, 0.717) is 18.3 Å². The molecule has 0 bridgehead atoms. The number of aryl methyl sites for hydroxylation is 1. The summed E-state index contributed by atoms with van der Waals surface area (Å²) < 4.78 is 6.50. The summed E-state index contributed by atoms with van der Waals surface area (Å²) in [6.07, 6.45) is 12.0. The minimum absolute atomic E-state index is 0.161. The van der Waals surface area contributed by atoms with Crippen molar-refractivity contribution in [3.63, 3.8) is 0 Å². The number of aliphatic hydroxyl groups excluding tert-OH is 1. The van der Waals surface area contributed by atoms with E-state index in [9.17, 15) is 9.90 Å². The van der Waals surface area contributed by atoms with Crippen LogP contribution in [0.3, 0.4) is 0 Å². The second-order valence-corrected chi connectivity index (χ2v) is 10.6. The van der Waals surface area contributed by atoms with E-state index in [1.807, 2.05) is 0 Å². The Labute approximate surface area is 188 Å². The van der Waals surface area contributed by atoms with Crippen LogP contribution in [0, 0.1) is 0 Å². The minimum atomic E-state index is -0.898. The molecule has 3 heterocycles. The number of piperidine rings is 1. The zero-order valence-electron chi connectivity index (χ0n) is 18.4. The van der Waals surface area contributed by atoms with E-state index < -0.39 is 6.10 Å². The van der Waals surface area contributed by atoms with Crippen LogP contribution < -0.4 is 4.74 Å². The third kappa shape index (κ3) is 4.37. The van der Waals surface area contributed by atoms with Gasteiger partial charge in [-0.25, -0.2) is 9.97 Å². The second kappa shape index (κ2) is 9.12. The van der Waals surface area contributed by atoms with Crippen molar-refractivity contribution in [2.75, 3.05) is 13.1 Å². The smallest absolute Gasteiger partial charge is 0.225 e. The molecule has 31 heavy (non-hydrogen) atoms. The molecule has 1 saturated heterocycles. The Morgan fingerprint density at radius 3 is 2.71 bits per heavy atom. The van der Waals surface area contributed by atoms with Gasteiger partial charge in [0, 0.05) is 10.9 Å². The summed E-state index contributed by atoms with van der Waals surface area (Å²) in [4.78, 5) is 25.6. The number of likely N-dealkylation sites (tertiary alicyclic amines) is 1. The van der Waals surface area contributed by atoms with E-state index in [0.717, 1.165) is 35.9 Å². The monoisotopic (exact) mass is 443 g/mol. The van der Waals surface area contributed by atoms with Crippen molar-refractivity contribution in [1.82, 2.24) is 14.9 Å². The predicted octanol–water partition coefficient (Wildman–Crippen LogP) is 4.24. The summed E-state index contributed by atoms with van der Waals surface area (Å²) >= 11 is 1.72. The number of rotatable bonds is 6. The third-order valence-electron chi connectivity index (χ3n) is 7.50. The number of aliphatic hydroxyl groups is 1. The van der Waals surface area contributed by atoms with Crippen molar-refractivity contribution in [2.24, 2.45) is 0 Å². The van der Waals surface area contributed by atoms with Gasteiger partial charge in [0.2, 0.25) is 5.88 Å². The largest absolute Gasteiger partial charge is 0.474 e. The molecule has 7 heteroatoms. The maximum atomic E-state index is 11.6. The summed E-state index contributed by atoms with van der Waals surface area (Å²) in [7, 11) is 0. The van der Waals surface area contributed by atoms with Gasteiger partial charge in [0.05, 0.1) is 5.39 Å². The highest BCUT2D eigenvalue weighted by atomic mass is 32.1. The topological polar surface area (TPSA) is 75.5 Å². The first kappa shape index (κ1) is 21.3. The average Bonchev–Trinajstić information content (AvgIpc) is 3.35. The second-order valence-electron chi connectivity index (χ2n) is 9.54. The molecule has 2 aliphatic carbocycles. The van der Waals surface area contributed by atoms with Crippen LogP contribution in [0.1, 0.15) is 81.1 Å². The van der Waals surface area contributed by atoms with Crippen molar-refractivity contribution < 1.29 is 14.6 Å². The summed E-state index contributed by atoms with van der Waals surface area (Å²) in [6, 6.07) is 0.716. The number of thiophene rings is 1. The van der Waals surface area contributed by atoms with Crippen molar-refractivity contribution >= 4 is 27.3 Å². The number of ether oxygens (including phenoxy) is 1. The Hall–Kier alpha value is -1.57. The van der Waals surface area contributed by atoms with Crippen LogP contribution in [0.2, 0.25) is 0 Å². The predicted molar refractivity (Wildman–Crippen MR) is 122 cm³/mol. The number of hydrogen-bond acceptors (Lipinski definition) is 7. The van der Waals surface area contributed by atoms with Crippen molar-refractivity contribution in [1.29, 1.82) is 0 Å². The third-order valence-corrected chi connectivity index (χ3v) is 8.67. The number of ketones is 1. The van der Waals surface area contributed by atoms with E-state index in [4.69, 9.17) is 4.74 Å². The van der Waals surface area contributed by atoms with Gasteiger partial charge in [0.25, 0.3) is 0 Å². The Morgan fingerprint density at radius 1 is 1.19 bits per heavy atom. The molecule has 1 N–H and O–H groups in total. The van der Waals surface area contributed by atoms with Crippen molar-refractivity contribution in [2.45, 2.75) is 95.3 Å². The molecule has 0 spiro atoms. The molecular formula is C24H33N3O3S. The molecule has 0 unspecified atom stereocenters. The van der Waals surface area contributed by atoms with Crippen LogP contribution in [-0.4, -0.2) is 57.1 Å². The number of carbonyl (C=O) groups is 1. The van der Waals surface area contributed by atoms with Gasteiger partial charge >= 0.3 is 0 Å². The lowest BCUT2D eigenvalue weighted by molar-refractivity contribution is -0.125. The van der Waals surface area contributed by atoms with E-state index in [2.05, 4.69) is 14.9 Å². The lowest BCUT2D eigenvalue weighted by Gasteiger charge is -2.38. The molecule has 168 valence electrons. The molecule has 6 nitrogen and oxygen atoms in total. The van der Waals surface area contributed by atoms with Gasteiger partial charge in [-0.1, -0.05) is 6.42 Å². The quantitative estimate of drug-likeness (QED) is 0.720. The van der Waals surface area contributed by atoms with Gasteiger partial charge in [-0.15, -0.1) is 11.3 Å². The molecule has 2 atom stereocenters. The number of nitrogens with zero attached hydrogens (tertiary/aromatic N) is 3. The molecule has 2 fully saturated rings. The lowest BCUT2D eigenvalue weighted by Crippen LogP contribution is -2.42. The van der Waals surface area contributed by atoms with Gasteiger partial charge in [-0.05, 0) is 89.3 Å². The fourth-order valence-electron chi connectivity index (χ4n) is 5.77. The average molecular weight is 444 g/mol. The maximum absolute atomic E-state index is 11.6. The minimum Gasteiger partial charge on any atom is -0.474 e. The molecule has 1 aliphatic heterocycles. The molecule has 0 aromatic carbocycles. The zero-order chi connectivity index (χ0) is 21.4. The van der Waals surface area contributed by atoms with Gasteiger partial charge in [-0.2, -0.15) is 0 Å². The molecule has 2 aromatic heterocycles. The Balaban J connectivity index is 1.31. The number of hydrogen-bond donors (Lipinski definition) is 1. The highest BCUT2D eigenvalue weighted by molar-refractivity contribution is 7.19. The first-order valence-electron chi connectivity index (χ1n) is 12.0. The number of carbonyl (C=O) groups excluding carboxylic acids is 1. The maximum Gasteiger partial charge on any atom is 0.225 e. The molecule has 0 amide bonds. The molecule has 5 rings (SSSR count). The van der Waals surface area contributed by atoms with Crippen LogP contribution in [0.4, 0.5) is 0 Å². The van der Waals surface area contributed by atoms with Crippen LogP contribution in [-0.2, 0) is 11.2 Å². The van der Waals surface area contributed by atoms with E-state index in [-0.39, 0.29) is 17.8 Å². The van der Waals surface area contributed by atoms with Crippen molar-refractivity contribution in [3.8, 4) is 5.88 Å². The SMILES string of the molecule is CC(=O)[C@H](O)C[C@H]1CCc2sc3ncnc(O[C@H]4CC[C@H](N5CCCCC5)CC4)c3c21. The molecular weight excluding hydrogens is 410 g/mol. The zero-order valence-corrected chi connectivity index (χ0v) is 19.2. The van der Waals surface area contributed by atoms with E-state index in [1.54, 1.807) is 17.7 Å². The highest BCUT2D eigenvalue weighted by Gasteiger charge is 2.33. The van der Waals surface area contributed by atoms with E-state index in [1.165, 1.54) is 62.6 Å². The first-order valence-corrected chi connectivity index (χ1v) is 12.8. The fourth-order valence-corrected chi connectivity index (χ4v) is 7.00. The molecule has 3 aliphatic rings. The standard InChI is InChI=1S/C24H33N3O3S/c1-15(28)19(29)13-16-5-10-20-21(16)22-23(25-14-26-24(22)31-20)30-18-8-6-17(7-9-18)27-11-3-2-4-12-27/h14,16-19,29H,2-13H2,1H3/t16-,17-,18-,19-/m1/s1. The van der Waals surface area contributed by atoms with Crippen LogP contribution >= 0.6 is 11.3 Å². The van der Waals surface area contributed by atoms with Gasteiger partial charge in [0.1, 0.15) is 23.4 Å². The number of fused-ring (bicyclic) bond motifs is 3. The summed E-state index contributed by atoms with van der Waals surface area (Å²) in [5.41, 5.74) is 1.22. The summed E-state index contributed by atoms with van der Waals surface area (Å²) in [6.45, 7) is 3.98. The van der Waals surface area contributed by atoms with Crippen molar-refractivity contribution in [3.05, 3.63) is 16.8 Å². The Bertz CT molecular complexity index is 932. The van der Waals surface area contributed by atoms with Gasteiger partial charge in [-0.3, -0.25) is 4.79 Å². The van der Waals surface area contributed by atoms with Crippen LogP contribution in [0.5, 0.6) is 5.88 Å². The molecule has 2 aromatic rings. The Kier molecular flexibility index (Phi) is 6.26. The molecule has 1 saturated carbocycles. The lowest BCUT2D eigenvalue weighted by atomic mass is 9.90. The fraction of sp³-hybridized carbons (Fsp3) is 0.708. The van der Waals surface area contributed by atoms with Gasteiger partial charge in [0.15, 0.2) is 5.78 Å². The number of Topliss-reactive ketones (excluding diaryl/α,β-unsaturated/α-hetero) is 1. The number of aromatic nitrogens is 2. The van der Waals surface area contributed by atoms with Crippen LogP contribution in [0.25, 0.3) is 10.2 Å². The van der Waals surface area contributed by atoms with E-state index >= 15 is 0 Å². The highest BCUT2D eigenvalue weighted by Crippen LogP contribution is 2.47. The summed E-state index contributed by atoms with van der Waals surface area (Å²) in [5, 5.41) is 11.2. The Morgan fingerprint density at radius 2 is 1.97 bits per heavy atom. The summed E-state index contributed by atoms with van der Waals surface area (Å²) in [5.74, 6) is 0.713. The molecule has 0 radical (unpaired) electrons. The normalized spacial score (nSPS) is 27.9. The van der Waals surface area contributed by atoms with Crippen LogP contribution in [0.15, 0.2) is 6.33 Å². The van der Waals surface area contributed by atoms with Gasteiger partial charge < -0.3 is 14.7 Å².